The van der Waals surface area contributed by atoms with Crippen LogP contribution in [0.1, 0.15) is 27.0 Å². The highest BCUT2D eigenvalue weighted by atomic mass is 16.1. The summed E-state index contributed by atoms with van der Waals surface area (Å²) in [5.41, 5.74) is 5.37. The minimum Gasteiger partial charge on any atom is -0.374 e. The molecule has 0 unspecified atom stereocenters. The summed E-state index contributed by atoms with van der Waals surface area (Å²) in [4.78, 5) is 14.7. The van der Waals surface area contributed by atoms with Crippen LogP contribution >= 0.6 is 0 Å². The lowest BCUT2D eigenvalue weighted by molar-refractivity contribution is 0.104. The summed E-state index contributed by atoms with van der Waals surface area (Å²) in [6.07, 6.45) is 2.80. The maximum Gasteiger partial charge on any atom is 0.187 e. The Labute approximate surface area is 125 Å². The molecule has 2 aromatic rings. The van der Waals surface area contributed by atoms with Crippen LogP contribution in [0.5, 0.6) is 0 Å². The third-order valence-electron chi connectivity index (χ3n) is 3.99. The molecular formula is C19H19NO. The molecule has 0 saturated heterocycles. The second-order valence-corrected chi connectivity index (χ2v) is 5.59. The van der Waals surface area contributed by atoms with Crippen molar-refractivity contribution in [3.05, 3.63) is 76.9 Å². The van der Waals surface area contributed by atoms with Gasteiger partial charge < -0.3 is 4.90 Å². The Bertz CT molecular complexity index is 715. The van der Waals surface area contributed by atoms with E-state index in [0.717, 1.165) is 29.8 Å². The van der Waals surface area contributed by atoms with Crippen LogP contribution in [0.3, 0.4) is 0 Å². The van der Waals surface area contributed by atoms with Crippen molar-refractivity contribution < 1.29 is 4.79 Å². The maximum absolute atomic E-state index is 12.5. The lowest BCUT2D eigenvalue weighted by Crippen LogP contribution is -2.26. The number of ketones is 1. The van der Waals surface area contributed by atoms with Crippen LogP contribution in [0, 0.1) is 6.92 Å². The number of carbonyl (C=O) groups excluding carboxylic acids is 1. The Morgan fingerprint density at radius 1 is 1.14 bits per heavy atom. The molecule has 21 heavy (non-hydrogen) atoms. The fraction of sp³-hybridized carbons (Fsp3) is 0.211. The first-order chi connectivity index (χ1) is 10.1. The quantitative estimate of drug-likeness (QED) is 0.616. The van der Waals surface area contributed by atoms with Crippen molar-refractivity contribution in [2.75, 3.05) is 13.6 Å². The van der Waals surface area contributed by atoms with Gasteiger partial charge in [0, 0.05) is 36.5 Å². The molecule has 0 amide bonds. The van der Waals surface area contributed by atoms with Crippen molar-refractivity contribution in [2.45, 2.75) is 13.3 Å². The first-order valence-corrected chi connectivity index (χ1v) is 7.27. The molecule has 1 aliphatic rings. The number of nitrogens with zero attached hydrogens (tertiary/aromatic N) is 1. The zero-order valence-electron chi connectivity index (χ0n) is 12.5. The van der Waals surface area contributed by atoms with Gasteiger partial charge in [-0.05, 0) is 25.0 Å². The summed E-state index contributed by atoms with van der Waals surface area (Å²) in [7, 11) is 2.05. The molecule has 0 aliphatic carbocycles. The molecular weight excluding hydrogens is 258 g/mol. The molecule has 3 rings (SSSR count). The van der Waals surface area contributed by atoms with Gasteiger partial charge in [0.1, 0.15) is 0 Å². The summed E-state index contributed by atoms with van der Waals surface area (Å²) < 4.78 is 0. The number of aryl methyl sites for hydroxylation is 1. The van der Waals surface area contributed by atoms with Gasteiger partial charge in [-0.25, -0.2) is 0 Å². The first-order valence-electron chi connectivity index (χ1n) is 7.27. The topological polar surface area (TPSA) is 20.3 Å². The van der Waals surface area contributed by atoms with E-state index in [0.29, 0.717) is 0 Å². The summed E-state index contributed by atoms with van der Waals surface area (Å²) >= 11 is 0. The molecule has 0 aromatic heterocycles. The molecule has 0 radical (unpaired) electrons. The van der Waals surface area contributed by atoms with Crippen molar-refractivity contribution >= 4 is 11.5 Å². The van der Waals surface area contributed by atoms with E-state index in [1.807, 2.05) is 44.3 Å². The van der Waals surface area contributed by atoms with Crippen LogP contribution < -0.4 is 0 Å². The van der Waals surface area contributed by atoms with Crippen molar-refractivity contribution in [1.29, 1.82) is 0 Å². The molecule has 2 nitrogen and oxygen atoms in total. The number of likely N-dealkylation sites (N-methyl/N-ethyl adjacent to an activating group) is 1. The smallest absolute Gasteiger partial charge is 0.187 e. The van der Waals surface area contributed by atoms with E-state index in [4.69, 9.17) is 0 Å². The molecule has 0 spiro atoms. The fourth-order valence-corrected chi connectivity index (χ4v) is 2.80. The highest BCUT2D eigenvalue weighted by Gasteiger charge is 2.18. The van der Waals surface area contributed by atoms with Crippen LogP contribution in [-0.4, -0.2) is 24.3 Å². The standard InChI is InChI=1S/C19H19NO/c1-14-6-5-8-16(12-14)19(21)13-18-17-9-4-3-7-15(17)10-11-20(18)2/h3-9,12-13H,10-11H2,1-2H3/b18-13+. The first kappa shape index (κ1) is 13.6. The monoisotopic (exact) mass is 277 g/mol. The Balaban J connectivity index is 2.01. The zero-order chi connectivity index (χ0) is 14.8. The number of rotatable bonds is 2. The van der Waals surface area contributed by atoms with E-state index in [1.165, 1.54) is 11.1 Å². The number of hydrogen-bond acceptors (Lipinski definition) is 2. The van der Waals surface area contributed by atoms with Crippen LogP contribution in [0.25, 0.3) is 5.70 Å². The van der Waals surface area contributed by atoms with Gasteiger partial charge in [-0.2, -0.15) is 0 Å². The van der Waals surface area contributed by atoms with Crippen molar-refractivity contribution in [1.82, 2.24) is 4.90 Å². The average Bonchev–Trinajstić information content (AvgIpc) is 2.50. The second kappa shape index (κ2) is 5.57. The molecule has 1 heterocycles. The summed E-state index contributed by atoms with van der Waals surface area (Å²) in [5.74, 6) is 0.0669. The minimum absolute atomic E-state index is 0.0669. The van der Waals surface area contributed by atoms with E-state index >= 15 is 0 Å². The molecule has 0 saturated carbocycles. The number of benzene rings is 2. The van der Waals surface area contributed by atoms with Gasteiger partial charge in [0.15, 0.2) is 5.78 Å². The number of allylic oxidation sites excluding steroid dienone is 1. The largest absolute Gasteiger partial charge is 0.374 e. The lowest BCUT2D eigenvalue weighted by atomic mass is 9.95. The lowest BCUT2D eigenvalue weighted by Gasteiger charge is -2.29. The Hall–Kier alpha value is -2.35. The van der Waals surface area contributed by atoms with E-state index in [-0.39, 0.29) is 5.78 Å². The molecule has 0 bridgehead atoms. The van der Waals surface area contributed by atoms with E-state index in [2.05, 4.69) is 23.1 Å². The van der Waals surface area contributed by atoms with Crippen LogP contribution in [-0.2, 0) is 6.42 Å². The number of fused-ring (bicyclic) bond motifs is 1. The Morgan fingerprint density at radius 2 is 1.95 bits per heavy atom. The Kier molecular flexibility index (Phi) is 3.61. The zero-order valence-corrected chi connectivity index (χ0v) is 12.5. The SMILES string of the molecule is Cc1cccc(C(=O)/C=C2\c3ccccc3CCN2C)c1. The van der Waals surface area contributed by atoms with Gasteiger partial charge in [-0.1, -0.05) is 48.0 Å². The van der Waals surface area contributed by atoms with Gasteiger partial charge in [-0.15, -0.1) is 0 Å². The molecule has 0 atom stereocenters. The summed E-state index contributed by atoms with van der Waals surface area (Å²) in [6.45, 7) is 2.95. The molecule has 0 N–H and O–H groups in total. The molecule has 1 aliphatic heterocycles. The van der Waals surface area contributed by atoms with Crippen molar-refractivity contribution in [3.63, 3.8) is 0 Å². The van der Waals surface area contributed by atoms with Gasteiger partial charge in [0.05, 0.1) is 0 Å². The van der Waals surface area contributed by atoms with E-state index in [1.54, 1.807) is 6.08 Å². The van der Waals surface area contributed by atoms with Crippen molar-refractivity contribution in [2.24, 2.45) is 0 Å². The molecule has 106 valence electrons. The number of hydrogen-bond donors (Lipinski definition) is 0. The van der Waals surface area contributed by atoms with Gasteiger partial charge in [0.2, 0.25) is 0 Å². The van der Waals surface area contributed by atoms with Gasteiger partial charge in [-0.3, -0.25) is 4.79 Å². The summed E-state index contributed by atoms with van der Waals surface area (Å²) in [6, 6.07) is 16.1. The maximum atomic E-state index is 12.5. The highest BCUT2D eigenvalue weighted by Crippen LogP contribution is 2.27. The normalized spacial score (nSPS) is 15.9. The van der Waals surface area contributed by atoms with E-state index < -0.39 is 0 Å². The van der Waals surface area contributed by atoms with E-state index in [9.17, 15) is 4.79 Å². The predicted octanol–water partition coefficient (Wildman–Crippen LogP) is 3.71. The minimum atomic E-state index is 0.0669. The highest BCUT2D eigenvalue weighted by molar-refractivity contribution is 6.08. The molecule has 2 aromatic carbocycles. The third-order valence-corrected chi connectivity index (χ3v) is 3.99. The second-order valence-electron chi connectivity index (χ2n) is 5.59. The van der Waals surface area contributed by atoms with Crippen LogP contribution in [0.15, 0.2) is 54.6 Å². The van der Waals surface area contributed by atoms with Gasteiger partial charge in [0.25, 0.3) is 0 Å². The Morgan fingerprint density at radius 3 is 2.76 bits per heavy atom. The third kappa shape index (κ3) is 2.75. The fourth-order valence-electron chi connectivity index (χ4n) is 2.80. The van der Waals surface area contributed by atoms with Crippen LogP contribution in [0.2, 0.25) is 0 Å². The van der Waals surface area contributed by atoms with Gasteiger partial charge >= 0.3 is 0 Å². The number of carbonyl (C=O) groups is 1. The summed E-state index contributed by atoms with van der Waals surface area (Å²) in [5, 5.41) is 0. The molecule has 0 fully saturated rings. The molecule has 2 heteroatoms. The average molecular weight is 277 g/mol. The predicted molar refractivity (Wildman–Crippen MR) is 86.3 cm³/mol. The van der Waals surface area contributed by atoms with Crippen molar-refractivity contribution in [3.8, 4) is 0 Å². The van der Waals surface area contributed by atoms with Crippen LogP contribution in [0.4, 0.5) is 0 Å².